The Labute approximate surface area is 221 Å². The van der Waals surface area contributed by atoms with E-state index in [1.807, 2.05) is 6.07 Å². The van der Waals surface area contributed by atoms with E-state index in [4.69, 9.17) is 9.15 Å². The Hall–Kier alpha value is -4.28. The van der Waals surface area contributed by atoms with Gasteiger partial charge in [-0.15, -0.1) is 21.5 Å². The van der Waals surface area contributed by atoms with Gasteiger partial charge in [0.05, 0.1) is 15.0 Å². The highest BCUT2D eigenvalue weighted by atomic mass is 32.1. The zero-order valence-electron chi connectivity index (χ0n) is 21.2. The fraction of sp³-hybridized carbons (Fsp3) is 0.179. The quantitative estimate of drug-likeness (QED) is 0.193. The number of rotatable bonds is 7. The molecule has 1 unspecified atom stereocenters. The van der Waals surface area contributed by atoms with Gasteiger partial charge in [-0.2, -0.15) is 0 Å². The number of nitrogens with zero attached hydrogens (tertiary/aromatic N) is 3. The second-order valence-corrected chi connectivity index (χ2v) is 10.00. The molecule has 8 nitrogen and oxygen atoms in total. The van der Waals surface area contributed by atoms with Crippen molar-refractivity contribution < 1.29 is 18.7 Å². The Bertz CT molecular complexity index is 1730. The summed E-state index contributed by atoms with van der Waals surface area (Å²) in [5.41, 5.74) is 3.11. The first kappa shape index (κ1) is 25.4. The number of thiophene rings is 1. The predicted molar refractivity (Wildman–Crippen MR) is 146 cm³/mol. The Morgan fingerprint density at radius 3 is 2.55 bits per heavy atom. The molecule has 3 heterocycles. The van der Waals surface area contributed by atoms with Crippen LogP contribution < -0.4 is 15.6 Å². The smallest absolute Gasteiger partial charge is 0.259 e. The average Bonchev–Trinajstić information content (AvgIpc) is 3.51. The predicted octanol–water partition coefficient (Wildman–Crippen LogP) is 6.09. The van der Waals surface area contributed by atoms with Crippen LogP contribution in [0.1, 0.15) is 17.0 Å². The van der Waals surface area contributed by atoms with Crippen LogP contribution in [0.15, 0.2) is 64.5 Å². The van der Waals surface area contributed by atoms with Gasteiger partial charge in [-0.3, -0.25) is 4.79 Å². The highest BCUT2D eigenvalue weighted by Crippen LogP contribution is 2.43. The number of anilines is 1. The number of aliphatic hydroxyl groups is 1. The van der Waals surface area contributed by atoms with E-state index in [2.05, 4.69) is 22.1 Å². The fourth-order valence-corrected chi connectivity index (χ4v) is 5.36. The normalized spacial score (nSPS) is 12.1. The van der Waals surface area contributed by atoms with Crippen LogP contribution in [0.5, 0.6) is 11.5 Å². The highest BCUT2D eigenvalue weighted by molar-refractivity contribution is 7.22. The van der Waals surface area contributed by atoms with Gasteiger partial charge in [0.25, 0.3) is 11.4 Å². The number of aryl methyl sites for hydroxylation is 4. The van der Waals surface area contributed by atoms with Crippen molar-refractivity contribution in [2.45, 2.75) is 27.0 Å². The molecule has 0 spiro atoms. The number of aromatic nitrogens is 3. The molecule has 0 aliphatic rings. The SMILES string of the molecule is C=CC(O)Nc1ccc(Oc2c(C)cc(F)cc2C)c(-c2cn(C)c(=O)c3cc(-c4nnc(C)o4)sc23)c1. The topological polar surface area (TPSA) is 102 Å². The van der Waals surface area contributed by atoms with Gasteiger partial charge in [-0.25, -0.2) is 4.39 Å². The molecule has 3 aromatic heterocycles. The van der Waals surface area contributed by atoms with Crippen LogP contribution in [0.25, 0.3) is 32.0 Å². The first-order valence-electron chi connectivity index (χ1n) is 11.7. The zero-order valence-corrected chi connectivity index (χ0v) is 22.0. The summed E-state index contributed by atoms with van der Waals surface area (Å²) in [4.78, 5) is 13.8. The summed E-state index contributed by atoms with van der Waals surface area (Å²) in [7, 11) is 1.68. The van der Waals surface area contributed by atoms with E-state index in [1.165, 1.54) is 34.1 Å². The lowest BCUT2D eigenvalue weighted by Crippen LogP contribution is -2.16. The molecule has 0 bridgehead atoms. The number of nitrogens with one attached hydrogen (secondary N) is 1. The maximum absolute atomic E-state index is 14.0. The molecule has 194 valence electrons. The third kappa shape index (κ3) is 4.71. The maximum Gasteiger partial charge on any atom is 0.259 e. The van der Waals surface area contributed by atoms with E-state index in [0.717, 1.165) is 5.56 Å². The largest absolute Gasteiger partial charge is 0.456 e. The van der Waals surface area contributed by atoms with Crippen LogP contribution in [-0.4, -0.2) is 26.1 Å². The summed E-state index contributed by atoms with van der Waals surface area (Å²) < 4.78 is 28.2. The summed E-state index contributed by atoms with van der Waals surface area (Å²) in [6, 6.07) is 9.94. The molecule has 38 heavy (non-hydrogen) atoms. The van der Waals surface area contributed by atoms with E-state index in [9.17, 15) is 14.3 Å². The van der Waals surface area contributed by atoms with Gasteiger partial charge in [0, 0.05) is 37.0 Å². The summed E-state index contributed by atoms with van der Waals surface area (Å²) in [5.74, 6) is 1.44. The number of hydrogen-bond donors (Lipinski definition) is 2. The molecule has 0 saturated heterocycles. The second-order valence-electron chi connectivity index (χ2n) is 8.95. The molecule has 0 aliphatic carbocycles. The van der Waals surface area contributed by atoms with Crippen molar-refractivity contribution in [1.29, 1.82) is 0 Å². The molecule has 0 amide bonds. The molecule has 5 rings (SSSR count). The first-order chi connectivity index (χ1) is 18.1. The van der Waals surface area contributed by atoms with Gasteiger partial charge in [0.15, 0.2) is 0 Å². The van der Waals surface area contributed by atoms with E-state index in [0.29, 0.717) is 60.6 Å². The number of hydrogen-bond acceptors (Lipinski definition) is 8. The van der Waals surface area contributed by atoms with Crippen LogP contribution in [-0.2, 0) is 7.05 Å². The minimum atomic E-state index is -0.967. The van der Waals surface area contributed by atoms with Gasteiger partial charge >= 0.3 is 0 Å². The van der Waals surface area contributed by atoms with Crippen LogP contribution in [0, 0.1) is 26.6 Å². The number of pyridine rings is 1. The Balaban J connectivity index is 1.74. The lowest BCUT2D eigenvalue weighted by Gasteiger charge is -2.18. The molecule has 5 aromatic rings. The Morgan fingerprint density at radius 1 is 1.16 bits per heavy atom. The van der Waals surface area contributed by atoms with Crippen LogP contribution in [0.3, 0.4) is 0 Å². The molecule has 0 aliphatic heterocycles. The molecule has 0 saturated carbocycles. The van der Waals surface area contributed by atoms with Gasteiger partial charge in [-0.1, -0.05) is 6.58 Å². The maximum atomic E-state index is 14.0. The monoisotopic (exact) mass is 532 g/mol. The third-order valence-electron chi connectivity index (χ3n) is 6.03. The number of aliphatic hydroxyl groups excluding tert-OH is 1. The van der Waals surface area contributed by atoms with Crippen molar-refractivity contribution in [3.05, 3.63) is 88.4 Å². The fourth-order valence-electron chi connectivity index (χ4n) is 4.26. The molecular formula is C28H25FN4O4S. The number of fused-ring (bicyclic) bond motifs is 1. The van der Waals surface area contributed by atoms with Gasteiger partial charge in [-0.05, 0) is 67.4 Å². The van der Waals surface area contributed by atoms with Crippen LogP contribution in [0.4, 0.5) is 10.1 Å². The minimum absolute atomic E-state index is 0.175. The summed E-state index contributed by atoms with van der Waals surface area (Å²) >= 11 is 1.35. The van der Waals surface area contributed by atoms with Crippen molar-refractivity contribution in [3.63, 3.8) is 0 Å². The average molecular weight is 533 g/mol. The Morgan fingerprint density at radius 2 is 1.89 bits per heavy atom. The number of ether oxygens (including phenoxy) is 1. The van der Waals surface area contributed by atoms with E-state index in [1.54, 1.807) is 52.2 Å². The highest BCUT2D eigenvalue weighted by Gasteiger charge is 2.21. The lowest BCUT2D eigenvalue weighted by molar-refractivity contribution is 0.253. The van der Waals surface area contributed by atoms with Crippen LogP contribution in [0.2, 0.25) is 0 Å². The van der Waals surface area contributed by atoms with Crippen molar-refractivity contribution in [2.24, 2.45) is 7.05 Å². The van der Waals surface area contributed by atoms with Crippen LogP contribution >= 0.6 is 11.3 Å². The van der Waals surface area contributed by atoms with E-state index < -0.39 is 6.23 Å². The van der Waals surface area contributed by atoms with E-state index >= 15 is 0 Å². The Kier molecular flexibility index (Phi) is 6.60. The van der Waals surface area contributed by atoms with Crippen molar-refractivity contribution in [2.75, 3.05) is 5.32 Å². The zero-order chi connectivity index (χ0) is 27.1. The minimum Gasteiger partial charge on any atom is -0.456 e. The summed E-state index contributed by atoms with van der Waals surface area (Å²) in [6.07, 6.45) is 2.15. The van der Waals surface area contributed by atoms with Crippen molar-refractivity contribution >= 4 is 27.1 Å². The molecule has 2 N–H and O–H groups in total. The molecule has 10 heteroatoms. The standard InChI is InChI=1S/C28H25FN4O4S/c1-6-24(34)30-18-7-8-22(37-25-14(2)9-17(29)10-15(25)3)19(11-18)21-13-33(5)28(35)20-12-23(38-26(20)21)27-32-31-16(4)36-27/h6-13,24,30,34H,1H2,2-5H3. The third-order valence-corrected chi connectivity index (χ3v) is 7.19. The number of halogens is 1. The second kappa shape index (κ2) is 9.88. The summed E-state index contributed by atoms with van der Waals surface area (Å²) in [5, 5.41) is 21.6. The van der Waals surface area contributed by atoms with E-state index in [-0.39, 0.29) is 11.4 Å². The molecule has 0 radical (unpaired) electrons. The molecule has 2 aromatic carbocycles. The molecule has 0 fully saturated rings. The van der Waals surface area contributed by atoms with Gasteiger partial charge in [0.1, 0.15) is 23.5 Å². The van der Waals surface area contributed by atoms with Crippen molar-refractivity contribution in [1.82, 2.24) is 14.8 Å². The van der Waals surface area contributed by atoms with Gasteiger partial charge in [0.2, 0.25) is 5.89 Å². The molecular weight excluding hydrogens is 507 g/mol. The lowest BCUT2D eigenvalue weighted by atomic mass is 10.0. The first-order valence-corrected chi connectivity index (χ1v) is 12.6. The summed E-state index contributed by atoms with van der Waals surface area (Å²) in [6.45, 7) is 8.87. The molecule has 1 atom stereocenters. The van der Waals surface area contributed by atoms with Crippen molar-refractivity contribution in [3.8, 4) is 33.4 Å². The number of benzene rings is 2. The van der Waals surface area contributed by atoms with Gasteiger partial charge < -0.3 is 24.1 Å².